The van der Waals surface area contributed by atoms with E-state index >= 15 is 0 Å². The number of carbonyl (C=O) groups excluding carboxylic acids is 3. The van der Waals surface area contributed by atoms with Crippen LogP contribution >= 0.6 is 0 Å². The fraction of sp³-hybridized carbons (Fsp3) is 0.194. The Balaban J connectivity index is 1.33. The van der Waals surface area contributed by atoms with Crippen molar-refractivity contribution in [3.05, 3.63) is 102 Å². The Labute approximate surface area is 282 Å². The highest BCUT2D eigenvalue weighted by Gasteiger charge is 2.33. The summed E-state index contributed by atoms with van der Waals surface area (Å²) in [4.78, 5) is 37.0. The molecule has 0 saturated heterocycles. The SMILES string of the molecule is CCN(O)C(=O)C(C)(C)Oc1cccc(Oc2ccc(Nc3c(C#N)cnn4cc(NC(=O)c5cccc(NC(C)=O)c5)c(C)c34)cc2)c1. The zero-order valence-electron chi connectivity index (χ0n) is 27.6. The van der Waals surface area contributed by atoms with Gasteiger partial charge in [-0.05, 0) is 82.3 Å². The predicted octanol–water partition coefficient (Wildman–Crippen LogP) is 6.66. The summed E-state index contributed by atoms with van der Waals surface area (Å²) in [6.45, 7) is 8.15. The zero-order valence-corrected chi connectivity index (χ0v) is 27.6. The van der Waals surface area contributed by atoms with Gasteiger partial charge in [-0.1, -0.05) is 12.1 Å². The van der Waals surface area contributed by atoms with Crippen molar-refractivity contribution >= 4 is 46.0 Å². The van der Waals surface area contributed by atoms with Gasteiger partial charge in [0.25, 0.3) is 11.8 Å². The predicted molar refractivity (Wildman–Crippen MR) is 183 cm³/mol. The van der Waals surface area contributed by atoms with Gasteiger partial charge in [0.2, 0.25) is 5.91 Å². The lowest BCUT2D eigenvalue weighted by molar-refractivity contribution is -0.179. The summed E-state index contributed by atoms with van der Waals surface area (Å²) in [5, 5.41) is 33.6. The Morgan fingerprint density at radius 3 is 2.39 bits per heavy atom. The topological polar surface area (TPSA) is 170 Å². The smallest absolute Gasteiger partial charge is 0.289 e. The fourth-order valence-electron chi connectivity index (χ4n) is 5.04. The molecule has 0 atom stereocenters. The Bertz CT molecular complexity index is 2080. The maximum Gasteiger partial charge on any atom is 0.289 e. The van der Waals surface area contributed by atoms with Crippen LogP contribution in [-0.2, 0) is 9.59 Å². The molecule has 250 valence electrons. The van der Waals surface area contributed by atoms with Crippen molar-refractivity contribution in [3.8, 4) is 23.3 Å². The first-order chi connectivity index (χ1) is 23.4. The van der Waals surface area contributed by atoms with E-state index < -0.39 is 11.5 Å². The van der Waals surface area contributed by atoms with Gasteiger partial charge in [-0.25, -0.2) is 9.58 Å². The van der Waals surface area contributed by atoms with Gasteiger partial charge >= 0.3 is 0 Å². The standard InChI is InChI=1S/C36H35N7O6/c1-6-43(47)35(46)36(4,5)49-30-12-8-11-29(18-30)48-28-15-13-26(14-16-28)40-32-25(19-37)20-38-42-21-31(22(2)33(32)42)41-34(45)24-9-7-10-27(17-24)39-23(3)44/h7-18,20-21,40,47H,6H2,1-5H3,(H,39,44)(H,41,45). The summed E-state index contributed by atoms with van der Waals surface area (Å²) in [5.41, 5.74) is 2.82. The van der Waals surface area contributed by atoms with Crippen LogP contribution in [0.5, 0.6) is 17.2 Å². The summed E-state index contributed by atoms with van der Waals surface area (Å²) in [6, 6.07) is 22.7. The molecular weight excluding hydrogens is 626 g/mol. The van der Waals surface area contributed by atoms with Gasteiger partial charge < -0.3 is 25.4 Å². The number of anilines is 4. The number of carbonyl (C=O) groups is 3. The number of fused-ring (bicyclic) bond motifs is 1. The number of likely N-dealkylation sites (N-methyl/N-ethyl adjacent to an activating group) is 1. The molecule has 0 aliphatic rings. The minimum Gasteiger partial charge on any atom is -0.478 e. The average Bonchev–Trinajstić information content (AvgIpc) is 3.39. The average molecular weight is 662 g/mol. The van der Waals surface area contributed by atoms with Gasteiger partial charge in [-0.3, -0.25) is 19.6 Å². The summed E-state index contributed by atoms with van der Waals surface area (Å²) < 4.78 is 13.5. The number of hydrogen-bond acceptors (Lipinski definition) is 9. The number of hydroxylamine groups is 2. The van der Waals surface area contributed by atoms with Gasteiger partial charge in [0, 0.05) is 42.0 Å². The van der Waals surface area contributed by atoms with Crippen LogP contribution in [-0.4, -0.2) is 49.8 Å². The number of rotatable bonds is 11. The number of hydrogen-bond donors (Lipinski definition) is 4. The second-order valence-corrected chi connectivity index (χ2v) is 11.6. The van der Waals surface area contributed by atoms with Crippen molar-refractivity contribution in [1.29, 1.82) is 5.26 Å². The number of nitrogens with zero attached hydrogens (tertiary/aromatic N) is 4. The number of aryl methyl sites for hydroxylation is 1. The number of aromatic nitrogens is 2. The monoisotopic (exact) mass is 661 g/mol. The summed E-state index contributed by atoms with van der Waals surface area (Å²) in [7, 11) is 0. The van der Waals surface area contributed by atoms with Crippen molar-refractivity contribution in [1.82, 2.24) is 14.7 Å². The van der Waals surface area contributed by atoms with Crippen LogP contribution in [0, 0.1) is 18.3 Å². The van der Waals surface area contributed by atoms with Crippen molar-refractivity contribution in [3.63, 3.8) is 0 Å². The molecule has 5 aromatic rings. The first kappa shape index (κ1) is 34.0. The summed E-state index contributed by atoms with van der Waals surface area (Å²) in [5.74, 6) is 0.197. The number of amides is 3. The molecule has 0 unspecified atom stereocenters. The zero-order chi connectivity index (χ0) is 35.3. The van der Waals surface area contributed by atoms with E-state index in [1.165, 1.54) is 13.1 Å². The summed E-state index contributed by atoms with van der Waals surface area (Å²) >= 11 is 0. The molecule has 2 aromatic heterocycles. The van der Waals surface area contributed by atoms with Crippen molar-refractivity contribution in [2.24, 2.45) is 0 Å². The van der Waals surface area contributed by atoms with Gasteiger partial charge in [-0.15, -0.1) is 0 Å². The number of ether oxygens (including phenoxy) is 2. The first-order valence-electron chi connectivity index (χ1n) is 15.3. The maximum atomic E-state index is 13.1. The second-order valence-electron chi connectivity index (χ2n) is 11.6. The Morgan fingerprint density at radius 2 is 1.69 bits per heavy atom. The fourth-order valence-corrected chi connectivity index (χ4v) is 5.04. The second kappa shape index (κ2) is 14.2. The molecular formula is C36H35N7O6. The molecule has 49 heavy (non-hydrogen) atoms. The molecule has 3 aromatic carbocycles. The van der Waals surface area contributed by atoms with Crippen molar-refractivity contribution in [2.75, 3.05) is 22.5 Å². The molecule has 13 heteroatoms. The molecule has 0 fully saturated rings. The lowest BCUT2D eigenvalue weighted by Gasteiger charge is -2.28. The largest absolute Gasteiger partial charge is 0.478 e. The molecule has 0 aliphatic heterocycles. The van der Waals surface area contributed by atoms with Crippen molar-refractivity contribution < 1.29 is 29.1 Å². The number of nitriles is 1. The van der Waals surface area contributed by atoms with Crippen LogP contribution in [0.4, 0.5) is 22.7 Å². The highest BCUT2D eigenvalue weighted by atomic mass is 16.5. The molecule has 2 heterocycles. The number of benzene rings is 3. The normalized spacial score (nSPS) is 11.0. The minimum absolute atomic E-state index is 0.131. The van der Waals surface area contributed by atoms with Crippen LogP contribution in [0.15, 0.2) is 85.2 Å². The van der Waals surface area contributed by atoms with E-state index in [1.54, 1.807) is 104 Å². The third kappa shape index (κ3) is 7.78. The van der Waals surface area contributed by atoms with E-state index in [9.17, 15) is 24.9 Å². The van der Waals surface area contributed by atoms with E-state index in [1.807, 2.05) is 6.92 Å². The van der Waals surface area contributed by atoms with Gasteiger partial charge in [-0.2, -0.15) is 10.4 Å². The quantitative estimate of drug-likeness (QED) is 0.0893. The lowest BCUT2D eigenvalue weighted by atomic mass is 10.1. The van der Waals surface area contributed by atoms with E-state index in [0.717, 1.165) is 0 Å². The van der Waals surface area contributed by atoms with Gasteiger partial charge in [0.1, 0.15) is 23.3 Å². The van der Waals surface area contributed by atoms with Gasteiger partial charge in [0.15, 0.2) is 5.60 Å². The molecule has 5 rings (SSSR count). The van der Waals surface area contributed by atoms with Crippen molar-refractivity contribution in [2.45, 2.75) is 40.2 Å². The molecule has 0 bridgehead atoms. The van der Waals surface area contributed by atoms with Crippen LogP contribution in [0.1, 0.15) is 49.2 Å². The van der Waals surface area contributed by atoms with Gasteiger partial charge in [0.05, 0.1) is 34.8 Å². The van der Waals surface area contributed by atoms with Crippen LogP contribution in [0.3, 0.4) is 0 Å². The van der Waals surface area contributed by atoms with E-state index in [0.29, 0.717) is 67.3 Å². The minimum atomic E-state index is -1.30. The van der Waals surface area contributed by atoms with Crippen LogP contribution in [0.2, 0.25) is 0 Å². The van der Waals surface area contributed by atoms with E-state index in [-0.39, 0.29) is 18.4 Å². The third-order valence-electron chi connectivity index (χ3n) is 7.46. The molecule has 13 nitrogen and oxygen atoms in total. The van der Waals surface area contributed by atoms with Crippen LogP contribution in [0.25, 0.3) is 5.52 Å². The molecule has 0 saturated carbocycles. The molecule has 0 spiro atoms. The summed E-state index contributed by atoms with van der Waals surface area (Å²) in [6.07, 6.45) is 3.11. The van der Waals surface area contributed by atoms with E-state index in [4.69, 9.17) is 9.47 Å². The first-order valence-corrected chi connectivity index (χ1v) is 15.3. The lowest BCUT2D eigenvalue weighted by Crippen LogP contribution is -2.47. The highest BCUT2D eigenvalue weighted by molar-refractivity contribution is 6.06. The Morgan fingerprint density at radius 1 is 0.980 bits per heavy atom. The molecule has 3 amide bonds. The molecule has 0 aliphatic carbocycles. The maximum absolute atomic E-state index is 13.1. The van der Waals surface area contributed by atoms with E-state index in [2.05, 4.69) is 27.1 Å². The molecule has 4 N–H and O–H groups in total. The third-order valence-corrected chi connectivity index (χ3v) is 7.46. The Kier molecular flexibility index (Phi) is 9.81. The van der Waals surface area contributed by atoms with Crippen LogP contribution < -0.4 is 25.4 Å². The molecule has 0 radical (unpaired) electrons. The Hall–Kier alpha value is -6.39. The number of nitrogens with one attached hydrogen (secondary N) is 3. The highest BCUT2D eigenvalue weighted by Crippen LogP contribution is 2.34.